The largest absolute Gasteiger partial charge is 0.342 e. The van der Waals surface area contributed by atoms with E-state index in [-0.39, 0.29) is 0 Å². The van der Waals surface area contributed by atoms with E-state index in [1.54, 1.807) is 0 Å². The summed E-state index contributed by atoms with van der Waals surface area (Å²) < 4.78 is 2.51. The first-order chi connectivity index (χ1) is 7.83. The Hall–Kier alpha value is -1.28. The topological polar surface area (TPSA) is 17.0 Å². The highest BCUT2D eigenvalue weighted by Gasteiger charge is 2.18. The molecule has 1 N–H and O–H groups in total. The summed E-state index contributed by atoms with van der Waals surface area (Å²) in [6.07, 6.45) is 1.13. The third-order valence-electron chi connectivity index (χ3n) is 3.67. The summed E-state index contributed by atoms with van der Waals surface area (Å²) in [6, 6.07) is 6.67. The van der Waals surface area contributed by atoms with Crippen molar-refractivity contribution in [2.75, 3.05) is 6.54 Å². The van der Waals surface area contributed by atoms with Gasteiger partial charge in [-0.05, 0) is 24.5 Å². The van der Waals surface area contributed by atoms with Crippen LogP contribution in [0.2, 0.25) is 0 Å². The van der Waals surface area contributed by atoms with Gasteiger partial charge in [-0.25, -0.2) is 0 Å². The number of fused-ring (bicyclic) bond motifs is 3. The van der Waals surface area contributed by atoms with Gasteiger partial charge < -0.3 is 9.88 Å². The number of nitrogens with one attached hydrogen (secondary N) is 1. The molecule has 2 heterocycles. The van der Waals surface area contributed by atoms with Crippen LogP contribution in [-0.2, 0) is 19.5 Å². The Morgan fingerprint density at radius 1 is 1.38 bits per heavy atom. The molecule has 3 rings (SSSR count). The number of hydrogen-bond donors (Lipinski definition) is 1. The Kier molecular flexibility index (Phi) is 2.25. The van der Waals surface area contributed by atoms with Crippen LogP contribution in [0.3, 0.4) is 0 Å². The summed E-state index contributed by atoms with van der Waals surface area (Å²) in [5.41, 5.74) is 5.89. The van der Waals surface area contributed by atoms with E-state index >= 15 is 0 Å². The molecule has 2 aromatic rings. The van der Waals surface area contributed by atoms with Gasteiger partial charge in [0.2, 0.25) is 0 Å². The van der Waals surface area contributed by atoms with Crippen LogP contribution >= 0.6 is 0 Å². The second-order valence-corrected chi connectivity index (χ2v) is 4.58. The van der Waals surface area contributed by atoms with Gasteiger partial charge in [0.25, 0.3) is 0 Å². The van der Waals surface area contributed by atoms with E-state index in [2.05, 4.69) is 41.9 Å². The summed E-state index contributed by atoms with van der Waals surface area (Å²) in [7, 11) is 0. The SMILES string of the molecule is CCc1c2n(c3c(C)cccc13)CCNC2. The average Bonchev–Trinajstić information content (AvgIpc) is 2.64. The molecule has 1 aromatic carbocycles. The molecule has 1 aliphatic rings. The number of rotatable bonds is 1. The van der Waals surface area contributed by atoms with Crippen molar-refractivity contribution in [3.05, 3.63) is 35.0 Å². The molecule has 0 radical (unpaired) electrons. The van der Waals surface area contributed by atoms with Crippen molar-refractivity contribution in [1.29, 1.82) is 0 Å². The van der Waals surface area contributed by atoms with E-state index in [9.17, 15) is 0 Å². The van der Waals surface area contributed by atoms with Crippen molar-refractivity contribution in [3.63, 3.8) is 0 Å². The van der Waals surface area contributed by atoms with E-state index in [0.29, 0.717) is 0 Å². The lowest BCUT2D eigenvalue weighted by molar-refractivity contribution is 0.522. The fourth-order valence-electron chi connectivity index (χ4n) is 2.96. The third-order valence-corrected chi connectivity index (χ3v) is 3.67. The lowest BCUT2D eigenvalue weighted by Crippen LogP contribution is -2.28. The average molecular weight is 214 g/mol. The van der Waals surface area contributed by atoms with Crippen molar-refractivity contribution in [2.45, 2.75) is 33.4 Å². The number of nitrogens with zero attached hydrogens (tertiary/aromatic N) is 1. The van der Waals surface area contributed by atoms with Gasteiger partial charge in [0.15, 0.2) is 0 Å². The van der Waals surface area contributed by atoms with Crippen molar-refractivity contribution < 1.29 is 0 Å². The molecule has 0 amide bonds. The Morgan fingerprint density at radius 2 is 2.25 bits per heavy atom. The maximum Gasteiger partial charge on any atom is 0.0515 e. The van der Waals surface area contributed by atoms with E-state index < -0.39 is 0 Å². The fraction of sp³-hybridized carbons (Fsp3) is 0.429. The summed E-state index contributed by atoms with van der Waals surface area (Å²) in [4.78, 5) is 0. The minimum absolute atomic E-state index is 1.03. The van der Waals surface area contributed by atoms with E-state index in [1.807, 2.05) is 0 Å². The zero-order valence-electron chi connectivity index (χ0n) is 10.0. The monoisotopic (exact) mass is 214 g/mol. The first-order valence-electron chi connectivity index (χ1n) is 6.13. The summed E-state index contributed by atoms with van der Waals surface area (Å²) in [6.45, 7) is 7.70. The van der Waals surface area contributed by atoms with Crippen LogP contribution in [0, 0.1) is 6.92 Å². The number of benzene rings is 1. The maximum absolute atomic E-state index is 3.48. The molecular weight excluding hydrogens is 196 g/mol. The molecule has 2 nitrogen and oxygen atoms in total. The maximum atomic E-state index is 3.48. The lowest BCUT2D eigenvalue weighted by Gasteiger charge is -2.19. The van der Waals surface area contributed by atoms with Crippen molar-refractivity contribution in [2.24, 2.45) is 0 Å². The zero-order valence-corrected chi connectivity index (χ0v) is 10.0. The molecule has 2 heteroatoms. The Labute approximate surface area is 96.3 Å². The molecule has 0 fully saturated rings. The predicted molar refractivity (Wildman–Crippen MR) is 67.8 cm³/mol. The van der Waals surface area contributed by atoms with Crippen LogP contribution in [0.4, 0.5) is 0 Å². The van der Waals surface area contributed by atoms with Gasteiger partial charge in [-0.15, -0.1) is 0 Å². The van der Waals surface area contributed by atoms with Crippen LogP contribution < -0.4 is 5.32 Å². The number of hydrogen-bond acceptors (Lipinski definition) is 1. The molecule has 16 heavy (non-hydrogen) atoms. The standard InChI is InChI=1S/C14H18N2/c1-3-11-12-6-4-5-10(2)14(12)16-8-7-15-9-13(11)16/h4-6,15H,3,7-9H2,1-2H3. The molecule has 0 aliphatic carbocycles. The number of aryl methyl sites for hydroxylation is 2. The minimum Gasteiger partial charge on any atom is -0.342 e. The number of aromatic nitrogens is 1. The molecule has 0 bridgehead atoms. The molecule has 1 aromatic heterocycles. The summed E-state index contributed by atoms with van der Waals surface area (Å²) in [5, 5.41) is 4.93. The Morgan fingerprint density at radius 3 is 3.06 bits per heavy atom. The molecular formula is C14H18N2. The molecule has 0 saturated heterocycles. The van der Waals surface area contributed by atoms with Gasteiger partial charge in [0.1, 0.15) is 0 Å². The minimum atomic E-state index is 1.03. The fourth-order valence-corrected chi connectivity index (χ4v) is 2.96. The van der Waals surface area contributed by atoms with Gasteiger partial charge in [-0.1, -0.05) is 25.1 Å². The Balaban J connectivity index is 2.42. The predicted octanol–water partition coefficient (Wildman–Crippen LogP) is 2.62. The quantitative estimate of drug-likeness (QED) is 0.772. The highest BCUT2D eigenvalue weighted by Crippen LogP contribution is 2.30. The molecule has 0 spiro atoms. The van der Waals surface area contributed by atoms with E-state index in [0.717, 1.165) is 26.1 Å². The molecule has 0 unspecified atom stereocenters. The van der Waals surface area contributed by atoms with E-state index in [4.69, 9.17) is 0 Å². The van der Waals surface area contributed by atoms with Gasteiger partial charge in [0.05, 0.1) is 5.52 Å². The molecule has 0 saturated carbocycles. The first kappa shape index (κ1) is 9.91. The molecule has 1 aliphatic heterocycles. The van der Waals surface area contributed by atoms with Gasteiger partial charge in [-0.3, -0.25) is 0 Å². The van der Waals surface area contributed by atoms with Crippen LogP contribution in [-0.4, -0.2) is 11.1 Å². The molecule has 0 atom stereocenters. The van der Waals surface area contributed by atoms with Crippen LogP contribution in [0.5, 0.6) is 0 Å². The Bertz CT molecular complexity index is 537. The van der Waals surface area contributed by atoms with Crippen LogP contribution in [0.1, 0.15) is 23.7 Å². The normalized spacial score (nSPS) is 15.4. The van der Waals surface area contributed by atoms with Gasteiger partial charge in [-0.2, -0.15) is 0 Å². The van der Waals surface area contributed by atoms with Crippen molar-refractivity contribution in [3.8, 4) is 0 Å². The highest BCUT2D eigenvalue weighted by atomic mass is 15.1. The van der Waals surface area contributed by atoms with Crippen molar-refractivity contribution in [1.82, 2.24) is 9.88 Å². The second-order valence-electron chi connectivity index (χ2n) is 4.58. The van der Waals surface area contributed by atoms with E-state index in [1.165, 1.54) is 27.7 Å². The molecule has 84 valence electrons. The van der Waals surface area contributed by atoms with Gasteiger partial charge >= 0.3 is 0 Å². The second kappa shape index (κ2) is 3.63. The van der Waals surface area contributed by atoms with Crippen LogP contribution in [0.25, 0.3) is 10.9 Å². The summed E-state index contributed by atoms with van der Waals surface area (Å²) >= 11 is 0. The third kappa shape index (κ3) is 1.23. The van der Waals surface area contributed by atoms with Crippen LogP contribution in [0.15, 0.2) is 18.2 Å². The van der Waals surface area contributed by atoms with Gasteiger partial charge in [0, 0.05) is 30.7 Å². The first-order valence-corrected chi connectivity index (χ1v) is 6.13. The lowest BCUT2D eigenvalue weighted by atomic mass is 10.1. The summed E-state index contributed by atoms with van der Waals surface area (Å²) in [5.74, 6) is 0. The van der Waals surface area contributed by atoms with Crippen molar-refractivity contribution >= 4 is 10.9 Å². The number of para-hydroxylation sites is 1. The zero-order chi connectivity index (χ0) is 11.1. The smallest absolute Gasteiger partial charge is 0.0515 e. The highest BCUT2D eigenvalue weighted by molar-refractivity contribution is 5.88.